The topological polar surface area (TPSA) is 20.2 Å². The summed E-state index contributed by atoms with van der Waals surface area (Å²) in [5, 5.41) is 11.7. The van der Waals surface area contributed by atoms with E-state index in [4.69, 9.17) is 0 Å². The average molecular weight is 569 g/mol. The number of unbranched alkanes of at least 4 members (excludes halogenated alkanes) is 13. The van der Waals surface area contributed by atoms with E-state index in [1.54, 1.807) is 0 Å². The summed E-state index contributed by atoms with van der Waals surface area (Å²) in [4.78, 5) is 0. The highest BCUT2D eigenvalue weighted by Gasteiger charge is 2.28. The lowest BCUT2D eigenvalue weighted by Crippen LogP contribution is -2.20. The van der Waals surface area contributed by atoms with Gasteiger partial charge in [0.15, 0.2) is 0 Å². The first-order valence-electron chi connectivity index (χ1n) is 17.3. The standard InChI is InChI=1S/C41H60O/c1-6-7-8-9-10-11-12-13-14-15-16-17-18-21-26-33(2)38-31-37(41(4,5)36-29-24-20-25-30-36)32-39(40(38)42)34(3)35-27-22-19-23-28-35/h19-20,22-25,27-34,42H,6-18,21,26H2,1-5H3. The highest BCUT2D eigenvalue weighted by atomic mass is 16.3. The Labute approximate surface area is 259 Å². The van der Waals surface area contributed by atoms with Gasteiger partial charge in [0.1, 0.15) is 5.75 Å². The third-order valence-electron chi connectivity index (χ3n) is 9.67. The lowest BCUT2D eigenvalue weighted by Gasteiger charge is -2.30. The maximum absolute atomic E-state index is 11.7. The number of rotatable bonds is 20. The monoisotopic (exact) mass is 568 g/mol. The van der Waals surface area contributed by atoms with Crippen LogP contribution in [0.15, 0.2) is 72.8 Å². The molecule has 0 spiro atoms. The van der Waals surface area contributed by atoms with Crippen LogP contribution < -0.4 is 0 Å². The van der Waals surface area contributed by atoms with Crippen LogP contribution >= 0.6 is 0 Å². The molecule has 42 heavy (non-hydrogen) atoms. The molecule has 2 unspecified atom stereocenters. The molecular weight excluding hydrogens is 508 g/mol. The first kappa shape index (κ1) is 34.0. The van der Waals surface area contributed by atoms with Crippen LogP contribution in [0.4, 0.5) is 0 Å². The molecule has 0 radical (unpaired) electrons. The zero-order valence-corrected chi connectivity index (χ0v) is 27.6. The Bertz CT molecular complexity index is 1130. The molecule has 0 amide bonds. The minimum absolute atomic E-state index is 0.129. The van der Waals surface area contributed by atoms with Crippen LogP contribution in [0.3, 0.4) is 0 Å². The molecule has 0 fully saturated rings. The molecule has 0 aliphatic carbocycles. The van der Waals surface area contributed by atoms with Gasteiger partial charge in [-0.15, -0.1) is 0 Å². The van der Waals surface area contributed by atoms with Gasteiger partial charge in [-0.2, -0.15) is 0 Å². The Hall–Kier alpha value is -2.54. The van der Waals surface area contributed by atoms with E-state index in [-0.39, 0.29) is 11.3 Å². The Balaban J connectivity index is 1.57. The second-order valence-electron chi connectivity index (χ2n) is 13.4. The van der Waals surface area contributed by atoms with E-state index in [1.807, 2.05) is 0 Å². The van der Waals surface area contributed by atoms with Gasteiger partial charge in [-0.3, -0.25) is 0 Å². The molecule has 3 aromatic carbocycles. The summed E-state index contributed by atoms with van der Waals surface area (Å²) in [6, 6.07) is 26.0. The van der Waals surface area contributed by atoms with Crippen LogP contribution in [-0.2, 0) is 5.41 Å². The molecule has 0 saturated carbocycles. The summed E-state index contributed by atoms with van der Waals surface area (Å²) in [5.74, 6) is 0.956. The van der Waals surface area contributed by atoms with Gasteiger partial charge in [-0.05, 0) is 34.6 Å². The maximum atomic E-state index is 11.7. The Morgan fingerprint density at radius 1 is 0.571 bits per heavy atom. The highest BCUT2D eigenvalue weighted by molar-refractivity contribution is 5.53. The number of hydrogen-bond donors (Lipinski definition) is 1. The van der Waals surface area contributed by atoms with Crippen molar-refractivity contribution < 1.29 is 5.11 Å². The van der Waals surface area contributed by atoms with Crippen molar-refractivity contribution in [3.63, 3.8) is 0 Å². The molecule has 3 rings (SSSR count). The summed E-state index contributed by atoms with van der Waals surface area (Å²) in [6.45, 7) is 11.5. The predicted molar refractivity (Wildman–Crippen MR) is 184 cm³/mol. The minimum Gasteiger partial charge on any atom is -0.507 e. The third kappa shape index (κ3) is 10.3. The van der Waals surface area contributed by atoms with E-state index in [0.717, 1.165) is 17.5 Å². The lowest BCUT2D eigenvalue weighted by atomic mass is 9.74. The van der Waals surface area contributed by atoms with Crippen molar-refractivity contribution in [1.82, 2.24) is 0 Å². The second kappa shape index (κ2) is 18.2. The molecule has 1 heteroatoms. The number of hydrogen-bond acceptors (Lipinski definition) is 1. The fraction of sp³-hybridized carbons (Fsp3) is 0.561. The first-order valence-corrected chi connectivity index (χ1v) is 17.3. The van der Waals surface area contributed by atoms with Gasteiger partial charge in [-0.1, -0.05) is 197 Å². The Morgan fingerprint density at radius 3 is 1.55 bits per heavy atom. The molecule has 3 aromatic rings. The number of phenolic OH excluding ortho intramolecular Hbond substituents is 1. The molecule has 2 atom stereocenters. The van der Waals surface area contributed by atoms with Crippen molar-refractivity contribution in [2.75, 3.05) is 0 Å². The molecule has 230 valence electrons. The minimum atomic E-state index is -0.149. The maximum Gasteiger partial charge on any atom is 0.122 e. The Kier molecular flexibility index (Phi) is 14.7. The molecule has 1 N–H and O–H groups in total. The lowest BCUT2D eigenvalue weighted by molar-refractivity contribution is 0.447. The molecule has 0 saturated heterocycles. The van der Waals surface area contributed by atoms with Crippen molar-refractivity contribution in [1.29, 1.82) is 0 Å². The third-order valence-corrected chi connectivity index (χ3v) is 9.67. The normalized spacial score (nSPS) is 13.3. The molecule has 0 bridgehead atoms. The first-order chi connectivity index (χ1) is 20.4. The van der Waals surface area contributed by atoms with Gasteiger partial charge in [0, 0.05) is 16.9 Å². The van der Waals surface area contributed by atoms with E-state index in [9.17, 15) is 5.11 Å². The van der Waals surface area contributed by atoms with Crippen molar-refractivity contribution >= 4 is 0 Å². The van der Waals surface area contributed by atoms with Gasteiger partial charge >= 0.3 is 0 Å². The molecule has 1 nitrogen and oxygen atoms in total. The van der Waals surface area contributed by atoms with Gasteiger partial charge in [0.25, 0.3) is 0 Å². The summed E-state index contributed by atoms with van der Waals surface area (Å²) >= 11 is 0. The van der Waals surface area contributed by atoms with E-state index < -0.39 is 0 Å². The molecule has 0 aliphatic heterocycles. The zero-order chi connectivity index (χ0) is 30.2. The molecule has 0 aromatic heterocycles. The van der Waals surface area contributed by atoms with E-state index in [0.29, 0.717) is 11.7 Å². The van der Waals surface area contributed by atoms with Crippen LogP contribution in [0.5, 0.6) is 5.75 Å². The highest BCUT2D eigenvalue weighted by Crippen LogP contribution is 2.43. The SMILES string of the molecule is CCCCCCCCCCCCCCCCC(C)c1cc(C(C)(C)c2ccccc2)cc(C(C)c2ccccc2)c1O. The van der Waals surface area contributed by atoms with Crippen LogP contribution in [0, 0.1) is 0 Å². The number of phenols is 1. The summed E-state index contributed by atoms with van der Waals surface area (Å²) < 4.78 is 0. The largest absolute Gasteiger partial charge is 0.507 e. The molecule has 0 heterocycles. The van der Waals surface area contributed by atoms with Gasteiger partial charge in [0.2, 0.25) is 0 Å². The Morgan fingerprint density at radius 2 is 1.02 bits per heavy atom. The average Bonchev–Trinajstić information content (AvgIpc) is 3.01. The van der Waals surface area contributed by atoms with Crippen LogP contribution in [0.2, 0.25) is 0 Å². The van der Waals surface area contributed by atoms with E-state index >= 15 is 0 Å². The van der Waals surface area contributed by atoms with E-state index in [1.165, 1.54) is 107 Å². The molecule has 0 aliphatic rings. The quantitative estimate of drug-likeness (QED) is 0.134. The van der Waals surface area contributed by atoms with Gasteiger partial charge < -0.3 is 5.11 Å². The summed E-state index contributed by atoms with van der Waals surface area (Å²) in [5.41, 5.74) is 5.85. The van der Waals surface area contributed by atoms with E-state index in [2.05, 4.69) is 107 Å². The summed E-state index contributed by atoms with van der Waals surface area (Å²) in [7, 11) is 0. The van der Waals surface area contributed by atoms with Crippen molar-refractivity contribution in [3.05, 3.63) is 101 Å². The van der Waals surface area contributed by atoms with Crippen molar-refractivity contribution in [3.8, 4) is 5.75 Å². The van der Waals surface area contributed by atoms with Crippen molar-refractivity contribution in [2.45, 2.75) is 148 Å². The smallest absolute Gasteiger partial charge is 0.122 e. The zero-order valence-electron chi connectivity index (χ0n) is 27.6. The second-order valence-corrected chi connectivity index (χ2v) is 13.4. The van der Waals surface area contributed by atoms with Gasteiger partial charge in [0.05, 0.1) is 0 Å². The fourth-order valence-electron chi connectivity index (χ4n) is 6.49. The fourth-order valence-corrected chi connectivity index (χ4v) is 6.49. The van der Waals surface area contributed by atoms with Gasteiger partial charge in [-0.25, -0.2) is 0 Å². The number of aromatic hydroxyl groups is 1. The predicted octanol–water partition coefficient (Wildman–Crippen LogP) is 12.8. The summed E-state index contributed by atoms with van der Waals surface area (Å²) in [6.07, 6.45) is 20.5. The molecular formula is C41H60O. The van der Waals surface area contributed by atoms with Crippen LogP contribution in [-0.4, -0.2) is 5.11 Å². The van der Waals surface area contributed by atoms with Crippen LogP contribution in [0.1, 0.15) is 171 Å². The number of benzene rings is 3. The van der Waals surface area contributed by atoms with Crippen molar-refractivity contribution in [2.24, 2.45) is 0 Å². The van der Waals surface area contributed by atoms with Crippen LogP contribution in [0.25, 0.3) is 0 Å².